The number of rotatable bonds is 7. The molecule has 140 valence electrons. The lowest BCUT2D eigenvalue weighted by Crippen LogP contribution is -2.43. The molecule has 2 aromatic rings. The summed E-state index contributed by atoms with van der Waals surface area (Å²) in [6, 6.07) is 11.5. The lowest BCUT2D eigenvalue weighted by molar-refractivity contribution is 0.0948. The molecule has 0 bridgehead atoms. The third kappa shape index (κ3) is 5.95. The minimum Gasteiger partial charge on any atom is -0.467 e. The molecule has 0 saturated heterocycles. The molecule has 0 fully saturated rings. The number of guanidine groups is 1. The van der Waals surface area contributed by atoms with Crippen molar-refractivity contribution in [3.8, 4) is 0 Å². The van der Waals surface area contributed by atoms with E-state index in [1.54, 1.807) is 25.4 Å². The first kappa shape index (κ1) is 19.6. The zero-order chi connectivity index (χ0) is 18.9. The summed E-state index contributed by atoms with van der Waals surface area (Å²) in [5, 5.41) is 9.50. The summed E-state index contributed by atoms with van der Waals surface area (Å²) in [6.07, 6.45) is 1.59. The maximum atomic E-state index is 12.3. The summed E-state index contributed by atoms with van der Waals surface area (Å²) >= 11 is 0. The molecule has 1 unspecified atom stereocenters. The van der Waals surface area contributed by atoms with Gasteiger partial charge in [0.05, 0.1) is 12.8 Å². The molecule has 0 saturated carbocycles. The molecule has 3 N–H and O–H groups in total. The highest BCUT2D eigenvalue weighted by Gasteiger charge is 2.10. The zero-order valence-electron chi connectivity index (χ0n) is 15.9. The van der Waals surface area contributed by atoms with Crippen LogP contribution >= 0.6 is 0 Å². The third-order valence-electron chi connectivity index (χ3n) is 4.24. The lowest BCUT2D eigenvalue weighted by Gasteiger charge is -2.20. The summed E-state index contributed by atoms with van der Waals surface area (Å²) in [7, 11) is 1.75. The van der Waals surface area contributed by atoms with Gasteiger partial charge in [0.15, 0.2) is 5.96 Å². The van der Waals surface area contributed by atoms with E-state index in [0.29, 0.717) is 30.6 Å². The van der Waals surface area contributed by atoms with Crippen LogP contribution in [0.3, 0.4) is 0 Å². The molecule has 0 radical (unpaired) electrons. The summed E-state index contributed by atoms with van der Waals surface area (Å²) in [6.45, 7) is 7.41. The quantitative estimate of drug-likeness (QED) is 0.526. The van der Waals surface area contributed by atoms with Crippen LogP contribution < -0.4 is 16.0 Å². The summed E-state index contributed by atoms with van der Waals surface area (Å²) in [4.78, 5) is 16.5. The van der Waals surface area contributed by atoms with Crippen molar-refractivity contribution in [1.82, 2.24) is 16.0 Å². The lowest BCUT2D eigenvalue weighted by atomic mass is 10.1. The van der Waals surface area contributed by atoms with Gasteiger partial charge >= 0.3 is 0 Å². The molecule has 1 aromatic carbocycles. The summed E-state index contributed by atoms with van der Waals surface area (Å²) < 4.78 is 5.22. The van der Waals surface area contributed by atoms with Crippen molar-refractivity contribution in [1.29, 1.82) is 0 Å². The van der Waals surface area contributed by atoms with Crippen LogP contribution in [0.25, 0.3) is 0 Å². The number of carbonyl (C=O) groups is 1. The smallest absolute Gasteiger partial charge is 0.251 e. The SMILES string of the molecule is CN=C(NCc1cccc(C(=O)NCc2ccco2)c1)NC(C)C(C)C. The Morgan fingerprint density at radius 1 is 1.12 bits per heavy atom. The largest absolute Gasteiger partial charge is 0.467 e. The van der Waals surface area contributed by atoms with Gasteiger partial charge in [0.1, 0.15) is 5.76 Å². The van der Waals surface area contributed by atoms with Crippen LogP contribution in [-0.2, 0) is 13.1 Å². The second-order valence-corrected chi connectivity index (χ2v) is 6.57. The topological polar surface area (TPSA) is 78.7 Å². The van der Waals surface area contributed by atoms with E-state index in [2.05, 4.69) is 41.7 Å². The van der Waals surface area contributed by atoms with Gasteiger partial charge in [0, 0.05) is 25.2 Å². The van der Waals surface area contributed by atoms with E-state index in [0.717, 1.165) is 17.3 Å². The molecule has 6 heteroatoms. The van der Waals surface area contributed by atoms with Gasteiger partial charge in [-0.3, -0.25) is 9.79 Å². The Labute approximate surface area is 155 Å². The van der Waals surface area contributed by atoms with Crippen LogP contribution in [0.1, 0.15) is 42.5 Å². The van der Waals surface area contributed by atoms with Gasteiger partial charge in [-0.15, -0.1) is 0 Å². The highest BCUT2D eigenvalue weighted by atomic mass is 16.3. The van der Waals surface area contributed by atoms with E-state index < -0.39 is 0 Å². The van der Waals surface area contributed by atoms with Crippen LogP contribution in [0.4, 0.5) is 0 Å². The predicted molar refractivity (Wildman–Crippen MR) is 104 cm³/mol. The van der Waals surface area contributed by atoms with E-state index in [4.69, 9.17) is 4.42 Å². The van der Waals surface area contributed by atoms with Gasteiger partial charge in [-0.25, -0.2) is 0 Å². The van der Waals surface area contributed by atoms with Crippen LogP contribution in [0, 0.1) is 5.92 Å². The standard InChI is InChI=1S/C20H28N4O2/c1-14(2)15(3)24-20(21-4)23-12-16-7-5-8-17(11-16)19(25)22-13-18-9-6-10-26-18/h5-11,14-15H,12-13H2,1-4H3,(H,22,25)(H2,21,23,24). The summed E-state index contributed by atoms with van der Waals surface area (Å²) in [5.74, 6) is 1.86. The molecular formula is C20H28N4O2. The van der Waals surface area contributed by atoms with E-state index in [1.807, 2.05) is 24.3 Å². The van der Waals surface area contributed by atoms with Crippen molar-refractivity contribution in [2.45, 2.75) is 39.9 Å². The Morgan fingerprint density at radius 2 is 1.92 bits per heavy atom. The number of nitrogens with one attached hydrogen (secondary N) is 3. The van der Waals surface area contributed by atoms with E-state index >= 15 is 0 Å². The van der Waals surface area contributed by atoms with E-state index in [1.165, 1.54) is 0 Å². The number of aliphatic imine (C=N–C) groups is 1. The monoisotopic (exact) mass is 356 g/mol. The highest BCUT2D eigenvalue weighted by molar-refractivity contribution is 5.94. The molecule has 0 aliphatic heterocycles. The first-order valence-corrected chi connectivity index (χ1v) is 8.86. The predicted octanol–water partition coefficient (Wildman–Crippen LogP) is 2.92. The Hall–Kier alpha value is -2.76. The number of nitrogens with zero attached hydrogens (tertiary/aromatic N) is 1. The second-order valence-electron chi connectivity index (χ2n) is 6.57. The molecule has 2 rings (SSSR count). The Kier molecular flexibility index (Phi) is 7.26. The average Bonchev–Trinajstić information content (AvgIpc) is 3.16. The first-order valence-electron chi connectivity index (χ1n) is 8.86. The Morgan fingerprint density at radius 3 is 2.58 bits per heavy atom. The molecule has 26 heavy (non-hydrogen) atoms. The third-order valence-corrected chi connectivity index (χ3v) is 4.24. The van der Waals surface area contributed by atoms with Crippen molar-refractivity contribution in [3.05, 3.63) is 59.5 Å². The number of furan rings is 1. The Bertz CT molecular complexity index is 723. The first-order chi connectivity index (χ1) is 12.5. The fraction of sp³-hybridized carbons (Fsp3) is 0.400. The van der Waals surface area contributed by atoms with Crippen molar-refractivity contribution in [2.75, 3.05) is 7.05 Å². The zero-order valence-corrected chi connectivity index (χ0v) is 15.9. The molecule has 1 heterocycles. The van der Waals surface area contributed by atoms with Gasteiger partial charge in [-0.2, -0.15) is 0 Å². The van der Waals surface area contributed by atoms with Gasteiger partial charge < -0.3 is 20.4 Å². The molecule has 1 atom stereocenters. The number of amides is 1. The van der Waals surface area contributed by atoms with Gasteiger partial charge in [0.2, 0.25) is 0 Å². The molecule has 1 aromatic heterocycles. The number of hydrogen-bond donors (Lipinski definition) is 3. The van der Waals surface area contributed by atoms with Crippen LogP contribution in [0.15, 0.2) is 52.1 Å². The summed E-state index contributed by atoms with van der Waals surface area (Å²) in [5.41, 5.74) is 1.63. The number of benzene rings is 1. The van der Waals surface area contributed by atoms with Gasteiger partial charge in [0.25, 0.3) is 5.91 Å². The second kappa shape index (κ2) is 9.65. The van der Waals surface area contributed by atoms with Crippen molar-refractivity contribution in [3.63, 3.8) is 0 Å². The normalized spacial score (nSPS) is 12.7. The number of carbonyl (C=O) groups excluding carboxylic acids is 1. The van der Waals surface area contributed by atoms with Gasteiger partial charge in [-0.05, 0) is 42.7 Å². The number of hydrogen-bond acceptors (Lipinski definition) is 3. The molecule has 0 aliphatic rings. The van der Waals surface area contributed by atoms with Crippen molar-refractivity contribution in [2.24, 2.45) is 10.9 Å². The minimum absolute atomic E-state index is 0.126. The molecule has 0 spiro atoms. The molecular weight excluding hydrogens is 328 g/mol. The van der Waals surface area contributed by atoms with E-state index in [-0.39, 0.29) is 5.91 Å². The van der Waals surface area contributed by atoms with Crippen LogP contribution in [-0.4, -0.2) is 25.0 Å². The molecule has 1 amide bonds. The van der Waals surface area contributed by atoms with Crippen molar-refractivity contribution >= 4 is 11.9 Å². The van der Waals surface area contributed by atoms with E-state index in [9.17, 15) is 4.79 Å². The van der Waals surface area contributed by atoms with Crippen molar-refractivity contribution < 1.29 is 9.21 Å². The van der Waals surface area contributed by atoms with Crippen LogP contribution in [0.2, 0.25) is 0 Å². The maximum Gasteiger partial charge on any atom is 0.251 e. The molecule has 6 nitrogen and oxygen atoms in total. The molecule has 0 aliphatic carbocycles. The van der Waals surface area contributed by atoms with Crippen LogP contribution in [0.5, 0.6) is 0 Å². The Balaban J connectivity index is 1.90. The fourth-order valence-electron chi connectivity index (χ4n) is 2.27. The van der Waals surface area contributed by atoms with Gasteiger partial charge in [-0.1, -0.05) is 26.0 Å². The maximum absolute atomic E-state index is 12.3. The highest BCUT2D eigenvalue weighted by Crippen LogP contribution is 2.07. The minimum atomic E-state index is -0.126. The average molecular weight is 356 g/mol. The fourth-order valence-corrected chi connectivity index (χ4v) is 2.27.